The van der Waals surface area contributed by atoms with Crippen LogP contribution in [0.2, 0.25) is 0 Å². The topological polar surface area (TPSA) is 42.0 Å². The van der Waals surface area contributed by atoms with Gasteiger partial charge in [0.15, 0.2) is 0 Å². The molecule has 2 aromatic heterocycles. The summed E-state index contributed by atoms with van der Waals surface area (Å²) in [6.45, 7) is 4.05. The van der Waals surface area contributed by atoms with Gasteiger partial charge in [-0.1, -0.05) is 15.9 Å². The molecule has 0 aliphatic carbocycles. The van der Waals surface area contributed by atoms with E-state index in [1.807, 2.05) is 31.2 Å². The van der Waals surface area contributed by atoms with E-state index in [1.165, 1.54) is 16.2 Å². The molecule has 0 fully saturated rings. The van der Waals surface area contributed by atoms with Gasteiger partial charge in [-0.3, -0.25) is 4.79 Å². The molecule has 0 bridgehead atoms. The van der Waals surface area contributed by atoms with Crippen LogP contribution in [0.15, 0.2) is 40.2 Å². The monoisotopic (exact) mass is 392 g/mol. The number of halogens is 1. The first kappa shape index (κ1) is 15.4. The average molecular weight is 393 g/mol. The predicted octanol–water partition coefficient (Wildman–Crippen LogP) is 5.50. The molecule has 0 unspecified atom stereocenters. The zero-order valence-corrected chi connectivity index (χ0v) is 15.2. The summed E-state index contributed by atoms with van der Waals surface area (Å²) in [6.07, 6.45) is 0. The minimum atomic E-state index is -0.183. The number of rotatable bonds is 3. The summed E-state index contributed by atoms with van der Waals surface area (Å²) >= 11 is 6.63. The van der Waals surface area contributed by atoms with Crippen LogP contribution in [0.5, 0.6) is 0 Å². The fourth-order valence-electron chi connectivity index (χ4n) is 1.96. The lowest BCUT2D eigenvalue weighted by Crippen LogP contribution is -2.12. The summed E-state index contributed by atoms with van der Waals surface area (Å²) in [5.74, 6) is -0.183. The molecule has 0 saturated heterocycles. The number of carbonyl (C=O) groups excluding carboxylic acids is 1. The predicted molar refractivity (Wildman–Crippen MR) is 97.0 cm³/mol. The molecule has 3 nitrogen and oxygen atoms in total. The Labute approximate surface area is 145 Å². The van der Waals surface area contributed by atoms with E-state index in [0.29, 0.717) is 5.69 Å². The molecule has 0 aliphatic heterocycles. The number of nitrogens with zero attached hydrogens (tertiary/aromatic N) is 1. The van der Waals surface area contributed by atoms with Crippen LogP contribution in [0.25, 0.3) is 9.88 Å². The third-order valence-corrected chi connectivity index (χ3v) is 6.01. The summed E-state index contributed by atoms with van der Waals surface area (Å²) in [5, 5.41) is 5.57. The quantitative estimate of drug-likeness (QED) is 0.638. The lowest BCUT2D eigenvalue weighted by molar-refractivity contribution is 0.102. The maximum Gasteiger partial charge on any atom is 0.275 e. The summed E-state index contributed by atoms with van der Waals surface area (Å²) in [4.78, 5) is 19.1. The molecule has 22 heavy (non-hydrogen) atoms. The van der Waals surface area contributed by atoms with Gasteiger partial charge in [0.25, 0.3) is 5.91 Å². The molecule has 0 radical (unpaired) electrons. The number of thiazole rings is 1. The van der Waals surface area contributed by atoms with E-state index in [2.05, 4.69) is 39.2 Å². The van der Waals surface area contributed by atoms with Gasteiger partial charge in [-0.15, -0.1) is 22.7 Å². The maximum absolute atomic E-state index is 12.3. The molecular formula is C16H13BrN2OS2. The number of anilines is 1. The highest BCUT2D eigenvalue weighted by atomic mass is 79.9. The third-order valence-electron chi connectivity index (χ3n) is 3.10. The Morgan fingerprint density at radius 1 is 1.23 bits per heavy atom. The molecule has 0 spiro atoms. The number of nitrogens with one attached hydrogen (secondary N) is 1. The van der Waals surface area contributed by atoms with E-state index in [1.54, 1.807) is 16.7 Å². The van der Waals surface area contributed by atoms with Crippen LogP contribution in [0.1, 0.15) is 20.9 Å². The summed E-state index contributed by atoms with van der Waals surface area (Å²) in [7, 11) is 0. The number of amides is 1. The van der Waals surface area contributed by atoms with Crippen molar-refractivity contribution in [1.29, 1.82) is 0 Å². The number of benzene rings is 1. The highest BCUT2D eigenvalue weighted by Gasteiger charge is 2.13. The molecule has 0 aliphatic rings. The minimum absolute atomic E-state index is 0.183. The van der Waals surface area contributed by atoms with Crippen LogP contribution >= 0.6 is 38.6 Å². The lowest BCUT2D eigenvalue weighted by Gasteiger charge is -2.05. The Morgan fingerprint density at radius 2 is 2.05 bits per heavy atom. The van der Waals surface area contributed by atoms with Crippen LogP contribution < -0.4 is 5.32 Å². The van der Waals surface area contributed by atoms with Crippen molar-refractivity contribution in [2.75, 3.05) is 5.32 Å². The van der Waals surface area contributed by atoms with Crippen molar-refractivity contribution in [1.82, 2.24) is 4.98 Å². The molecule has 6 heteroatoms. The molecule has 3 rings (SSSR count). The first-order valence-electron chi connectivity index (χ1n) is 6.63. The molecule has 0 saturated carbocycles. The van der Waals surface area contributed by atoms with E-state index in [-0.39, 0.29) is 5.91 Å². The van der Waals surface area contributed by atoms with Gasteiger partial charge in [-0.05, 0) is 49.7 Å². The van der Waals surface area contributed by atoms with E-state index in [9.17, 15) is 4.79 Å². The molecule has 1 amide bonds. The Balaban J connectivity index is 1.78. The third kappa shape index (κ3) is 3.29. The van der Waals surface area contributed by atoms with Crippen molar-refractivity contribution < 1.29 is 4.79 Å². The highest BCUT2D eigenvalue weighted by Crippen LogP contribution is 2.30. The number of hydrogen-bond donors (Lipinski definition) is 1. The van der Waals surface area contributed by atoms with Crippen molar-refractivity contribution in [3.05, 3.63) is 56.3 Å². The zero-order chi connectivity index (χ0) is 15.7. The van der Waals surface area contributed by atoms with Crippen molar-refractivity contribution in [3.8, 4) is 9.88 Å². The van der Waals surface area contributed by atoms with Gasteiger partial charge in [-0.25, -0.2) is 4.98 Å². The fourth-order valence-corrected chi connectivity index (χ4v) is 3.94. The van der Waals surface area contributed by atoms with Crippen molar-refractivity contribution in [2.24, 2.45) is 0 Å². The smallest absolute Gasteiger partial charge is 0.275 e. The second-order valence-corrected chi connectivity index (χ2v) is 7.87. The van der Waals surface area contributed by atoms with Crippen molar-refractivity contribution >= 4 is 50.2 Å². The number of hydrogen-bond acceptors (Lipinski definition) is 4. The molecule has 3 aromatic rings. The zero-order valence-electron chi connectivity index (χ0n) is 12.0. The van der Waals surface area contributed by atoms with Gasteiger partial charge in [0.2, 0.25) is 0 Å². The Hall–Kier alpha value is -1.50. The largest absolute Gasteiger partial charge is 0.321 e. The molecular weight excluding hydrogens is 380 g/mol. The number of thiophene rings is 1. The van der Waals surface area contributed by atoms with Crippen LogP contribution in [-0.4, -0.2) is 10.9 Å². The minimum Gasteiger partial charge on any atom is -0.321 e. The first-order chi connectivity index (χ1) is 10.5. The first-order valence-corrected chi connectivity index (χ1v) is 9.11. The Morgan fingerprint density at radius 3 is 2.73 bits per heavy atom. The normalized spacial score (nSPS) is 10.7. The summed E-state index contributed by atoms with van der Waals surface area (Å²) in [5.41, 5.74) is 2.30. The standard InChI is InChI=1S/C16H13BrN2OS2/c1-9-7-11(4-5-12(9)17)18-15(20)13-8-21-16(19-13)14-6-3-10(2)22-14/h3-8H,1-2H3,(H,18,20). The van der Waals surface area contributed by atoms with Gasteiger partial charge in [0.1, 0.15) is 10.7 Å². The maximum atomic E-state index is 12.3. The van der Waals surface area contributed by atoms with Crippen molar-refractivity contribution in [3.63, 3.8) is 0 Å². The van der Waals surface area contributed by atoms with Crippen LogP contribution in [-0.2, 0) is 0 Å². The van der Waals surface area contributed by atoms with Crippen molar-refractivity contribution in [2.45, 2.75) is 13.8 Å². The second-order valence-electron chi connectivity index (χ2n) is 4.87. The van der Waals surface area contributed by atoms with Gasteiger partial charge in [0, 0.05) is 20.4 Å². The van der Waals surface area contributed by atoms with E-state index >= 15 is 0 Å². The molecule has 112 valence electrons. The number of aromatic nitrogens is 1. The van der Waals surface area contributed by atoms with E-state index in [4.69, 9.17) is 0 Å². The van der Waals surface area contributed by atoms with Crippen LogP contribution in [0.3, 0.4) is 0 Å². The molecule has 2 heterocycles. The Bertz CT molecular complexity index is 838. The average Bonchev–Trinajstić information content (AvgIpc) is 3.11. The number of carbonyl (C=O) groups is 1. The van der Waals surface area contributed by atoms with E-state index < -0.39 is 0 Å². The van der Waals surface area contributed by atoms with Gasteiger partial charge >= 0.3 is 0 Å². The van der Waals surface area contributed by atoms with Gasteiger partial charge < -0.3 is 5.32 Å². The second kappa shape index (κ2) is 6.32. The lowest BCUT2D eigenvalue weighted by atomic mass is 10.2. The van der Waals surface area contributed by atoms with Gasteiger partial charge in [0.05, 0.1) is 4.88 Å². The summed E-state index contributed by atoms with van der Waals surface area (Å²) < 4.78 is 1.02. The van der Waals surface area contributed by atoms with Crippen LogP contribution in [0.4, 0.5) is 5.69 Å². The number of aryl methyl sites for hydroxylation is 2. The van der Waals surface area contributed by atoms with Crippen LogP contribution in [0, 0.1) is 13.8 Å². The van der Waals surface area contributed by atoms with Gasteiger partial charge in [-0.2, -0.15) is 0 Å². The molecule has 0 atom stereocenters. The van der Waals surface area contributed by atoms with E-state index in [0.717, 1.165) is 25.6 Å². The highest BCUT2D eigenvalue weighted by molar-refractivity contribution is 9.10. The SMILES string of the molecule is Cc1ccc(-c2nc(C(=O)Nc3ccc(Br)c(C)c3)cs2)s1. The molecule has 1 aromatic carbocycles. The summed E-state index contributed by atoms with van der Waals surface area (Å²) in [6, 6.07) is 9.82. The molecule has 1 N–H and O–H groups in total. The fraction of sp³-hybridized carbons (Fsp3) is 0.125. The Kier molecular flexibility index (Phi) is 4.42.